The first-order valence-electron chi connectivity index (χ1n) is 9.57. The van der Waals surface area contributed by atoms with E-state index in [1.54, 1.807) is 24.3 Å². The molecule has 0 radical (unpaired) electrons. The predicted octanol–water partition coefficient (Wildman–Crippen LogP) is 5.10. The van der Waals surface area contributed by atoms with Gasteiger partial charge in [-0.25, -0.2) is 8.78 Å². The molecule has 0 unspecified atom stereocenters. The lowest BCUT2D eigenvalue weighted by Gasteiger charge is -2.15. The molecule has 1 aromatic heterocycles. The Kier molecular flexibility index (Phi) is 4.86. The lowest BCUT2D eigenvalue weighted by molar-refractivity contribution is 0.0631. The van der Waals surface area contributed by atoms with Crippen molar-refractivity contribution in [2.75, 3.05) is 13.2 Å². The van der Waals surface area contributed by atoms with Gasteiger partial charge in [-0.1, -0.05) is 35.0 Å². The summed E-state index contributed by atoms with van der Waals surface area (Å²) in [4.78, 5) is 25.9. The van der Waals surface area contributed by atoms with Crippen LogP contribution in [-0.4, -0.2) is 35.0 Å². The molecule has 0 saturated heterocycles. The summed E-state index contributed by atoms with van der Waals surface area (Å²) < 4.78 is 39.2. The summed E-state index contributed by atoms with van der Waals surface area (Å²) in [6, 6.07) is 13.1. The maximum atomic E-state index is 14.2. The lowest BCUT2D eigenvalue weighted by Crippen LogP contribution is -2.33. The molecule has 5 rings (SSSR count). The van der Waals surface area contributed by atoms with Crippen molar-refractivity contribution in [2.45, 2.75) is 0 Å². The maximum Gasteiger partial charge on any atom is 0.261 e. The van der Waals surface area contributed by atoms with Gasteiger partial charge in [0, 0.05) is 0 Å². The van der Waals surface area contributed by atoms with Crippen molar-refractivity contribution in [1.82, 2.24) is 10.1 Å². The Morgan fingerprint density at radius 1 is 0.938 bits per heavy atom. The highest BCUT2D eigenvalue weighted by molar-refractivity contribution is 6.36. The van der Waals surface area contributed by atoms with Crippen molar-refractivity contribution >= 4 is 34.4 Å². The van der Waals surface area contributed by atoms with E-state index in [2.05, 4.69) is 5.16 Å². The Morgan fingerprint density at radius 2 is 1.59 bits per heavy atom. The number of carbonyl (C=O) groups is 2. The van der Waals surface area contributed by atoms with Crippen molar-refractivity contribution in [1.29, 1.82) is 0 Å². The Labute approximate surface area is 184 Å². The highest BCUT2D eigenvalue weighted by atomic mass is 35.5. The number of benzene rings is 3. The first-order chi connectivity index (χ1) is 15.5. The van der Waals surface area contributed by atoms with Crippen LogP contribution in [0.1, 0.15) is 20.7 Å². The number of rotatable bonds is 5. The smallest absolute Gasteiger partial charge is 0.261 e. The summed E-state index contributed by atoms with van der Waals surface area (Å²) in [5.41, 5.74) is 0.470. The highest BCUT2D eigenvalue weighted by Gasteiger charge is 2.34. The van der Waals surface area contributed by atoms with Gasteiger partial charge in [-0.15, -0.1) is 0 Å². The highest BCUT2D eigenvalue weighted by Crippen LogP contribution is 2.39. The number of nitrogens with zero attached hydrogens (tertiary/aromatic N) is 2. The number of ether oxygens (including phenoxy) is 1. The molecule has 160 valence electrons. The number of halogens is 3. The second-order valence-corrected chi connectivity index (χ2v) is 7.42. The monoisotopic (exact) mass is 454 g/mol. The van der Waals surface area contributed by atoms with Crippen LogP contribution < -0.4 is 4.74 Å². The molecular formula is C23H13ClF2N2O4. The quantitative estimate of drug-likeness (QED) is 0.392. The molecule has 0 saturated carbocycles. The van der Waals surface area contributed by atoms with Crippen LogP contribution in [0.2, 0.25) is 5.02 Å². The molecule has 1 aliphatic heterocycles. The van der Waals surface area contributed by atoms with Crippen molar-refractivity contribution in [2.24, 2.45) is 0 Å². The van der Waals surface area contributed by atoms with Crippen LogP contribution in [0.4, 0.5) is 8.78 Å². The van der Waals surface area contributed by atoms with E-state index in [1.807, 2.05) is 0 Å². The molecule has 3 aromatic carbocycles. The van der Waals surface area contributed by atoms with Crippen molar-refractivity contribution in [3.63, 3.8) is 0 Å². The van der Waals surface area contributed by atoms with Crippen LogP contribution in [0, 0.1) is 11.6 Å². The van der Waals surface area contributed by atoms with Gasteiger partial charge < -0.3 is 9.26 Å². The van der Waals surface area contributed by atoms with E-state index in [9.17, 15) is 18.4 Å². The number of hydrogen-bond donors (Lipinski definition) is 0. The second-order valence-electron chi connectivity index (χ2n) is 7.04. The first-order valence-corrected chi connectivity index (χ1v) is 9.95. The third-order valence-electron chi connectivity index (χ3n) is 5.20. The third-order valence-corrected chi connectivity index (χ3v) is 5.55. The Balaban J connectivity index is 1.36. The van der Waals surface area contributed by atoms with E-state index >= 15 is 0 Å². The van der Waals surface area contributed by atoms with Gasteiger partial charge in [0.2, 0.25) is 0 Å². The van der Waals surface area contributed by atoms with Gasteiger partial charge in [-0.2, -0.15) is 0 Å². The summed E-state index contributed by atoms with van der Waals surface area (Å²) >= 11 is 6.35. The molecule has 0 aliphatic carbocycles. The van der Waals surface area contributed by atoms with Crippen LogP contribution in [0.25, 0.3) is 22.2 Å². The van der Waals surface area contributed by atoms with Crippen LogP contribution in [0.5, 0.6) is 5.75 Å². The zero-order valence-electron chi connectivity index (χ0n) is 16.3. The normalized spacial score (nSPS) is 13.2. The topological polar surface area (TPSA) is 72.6 Å². The third kappa shape index (κ3) is 3.11. The minimum atomic E-state index is -0.780. The molecule has 2 amide bonds. The second kappa shape index (κ2) is 7.72. The molecule has 2 heterocycles. The number of carbonyl (C=O) groups excluding carboxylic acids is 2. The molecular weight excluding hydrogens is 442 g/mol. The summed E-state index contributed by atoms with van der Waals surface area (Å²) in [5, 5.41) is 4.15. The van der Waals surface area contributed by atoms with Crippen LogP contribution in [0.3, 0.4) is 0 Å². The molecule has 0 atom stereocenters. The van der Waals surface area contributed by atoms with Crippen molar-refractivity contribution in [3.05, 3.63) is 82.4 Å². The fraction of sp³-hybridized carbons (Fsp3) is 0.0870. The van der Waals surface area contributed by atoms with Gasteiger partial charge in [-0.3, -0.25) is 14.5 Å². The molecule has 32 heavy (non-hydrogen) atoms. The van der Waals surface area contributed by atoms with E-state index < -0.39 is 11.6 Å². The van der Waals surface area contributed by atoms with Gasteiger partial charge >= 0.3 is 0 Å². The largest absolute Gasteiger partial charge is 0.490 e. The molecule has 0 bridgehead atoms. The number of imide groups is 1. The summed E-state index contributed by atoms with van der Waals surface area (Å²) in [6.45, 7) is 0.00242. The fourth-order valence-electron chi connectivity index (χ4n) is 3.66. The van der Waals surface area contributed by atoms with Gasteiger partial charge in [0.15, 0.2) is 5.58 Å². The van der Waals surface area contributed by atoms with Crippen LogP contribution >= 0.6 is 11.6 Å². The van der Waals surface area contributed by atoms with E-state index in [-0.39, 0.29) is 52.6 Å². The average molecular weight is 455 g/mol. The number of fused-ring (bicyclic) bond motifs is 2. The molecule has 9 heteroatoms. The van der Waals surface area contributed by atoms with E-state index in [1.165, 1.54) is 18.2 Å². The first kappa shape index (κ1) is 20.1. The lowest BCUT2D eigenvalue weighted by atomic mass is 10.1. The Bertz CT molecular complexity index is 1350. The van der Waals surface area contributed by atoms with Gasteiger partial charge in [0.1, 0.15) is 34.7 Å². The van der Waals surface area contributed by atoms with Crippen LogP contribution in [0.15, 0.2) is 59.1 Å². The zero-order chi connectivity index (χ0) is 22.4. The number of hydrogen-bond acceptors (Lipinski definition) is 5. The summed E-state index contributed by atoms with van der Waals surface area (Å²) in [5.74, 6) is -2.12. The molecule has 4 aromatic rings. The summed E-state index contributed by atoms with van der Waals surface area (Å²) in [6.07, 6.45) is 0. The fourth-order valence-corrected chi connectivity index (χ4v) is 3.91. The number of amides is 2. The van der Waals surface area contributed by atoms with E-state index in [0.717, 1.165) is 17.0 Å². The van der Waals surface area contributed by atoms with Gasteiger partial charge in [-0.05, 0) is 36.4 Å². The standard InChI is InChI=1S/C23H13ClF2N2O4/c24-19-17(31-11-10-28-22(29)12-4-1-2-5-13(12)23(28)30)9-8-14-20(27-32-21(14)19)18-15(25)6-3-7-16(18)26/h1-9H,10-11H2. The minimum absolute atomic E-state index is 0.0143. The van der Waals surface area contributed by atoms with Gasteiger partial charge in [0.05, 0.1) is 28.6 Å². The van der Waals surface area contributed by atoms with E-state index in [4.69, 9.17) is 20.9 Å². The average Bonchev–Trinajstić information content (AvgIpc) is 3.31. The Morgan fingerprint density at radius 3 is 2.25 bits per heavy atom. The minimum Gasteiger partial charge on any atom is -0.490 e. The van der Waals surface area contributed by atoms with E-state index in [0.29, 0.717) is 16.5 Å². The Hall–Kier alpha value is -3.78. The van der Waals surface area contributed by atoms with Crippen LogP contribution in [-0.2, 0) is 0 Å². The predicted molar refractivity (Wildman–Crippen MR) is 112 cm³/mol. The van der Waals surface area contributed by atoms with Crippen molar-refractivity contribution < 1.29 is 27.6 Å². The molecule has 0 N–H and O–H groups in total. The summed E-state index contributed by atoms with van der Waals surface area (Å²) in [7, 11) is 0. The molecule has 6 nitrogen and oxygen atoms in total. The zero-order valence-corrected chi connectivity index (χ0v) is 17.0. The molecule has 0 spiro atoms. The maximum absolute atomic E-state index is 14.2. The van der Waals surface area contributed by atoms with Crippen molar-refractivity contribution in [3.8, 4) is 17.0 Å². The SMILES string of the molecule is O=C1c2ccccc2C(=O)N1CCOc1ccc2c(-c3c(F)cccc3F)noc2c1Cl. The molecule has 0 fully saturated rings. The molecule has 1 aliphatic rings. The van der Waals surface area contributed by atoms with Gasteiger partial charge in [0.25, 0.3) is 11.8 Å². The number of aromatic nitrogens is 1.